The van der Waals surface area contributed by atoms with Crippen molar-refractivity contribution in [3.8, 4) is 5.75 Å². The molecule has 114 valence electrons. The lowest BCUT2D eigenvalue weighted by Crippen LogP contribution is -2.24. The van der Waals surface area contributed by atoms with Crippen LogP contribution >= 0.6 is 11.6 Å². The molecule has 0 bridgehead atoms. The Balaban J connectivity index is 2.12. The smallest absolute Gasteiger partial charge is 0.332 e. The monoisotopic (exact) mass is 321 g/mol. The SMILES string of the molecule is NC(=O)NN=Cc1cc(Cl)ccc1OCc1cccc(F)c1. The highest BCUT2D eigenvalue weighted by atomic mass is 35.5. The van der Waals surface area contributed by atoms with Crippen LogP contribution in [0.4, 0.5) is 9.18 Å². The molecular weight excluding hydrogens is 309 g/mol. The first-order valence-corrected chi connectivity index (χ1v) is 6.67. The third kappa shape index (κ3) is 4.75. The zero-order valence-corrected chi connectivity index (χ0v) is 12.2. The maximum atomic E-state index is 13.1. The zero-order valence-electron chi connectivity index (χ0n) is 11.4. The van der Waals surface area contributed by atoms with Crippen molar-refractivity contribution < 1.29 is 13.9 Å². The van der Waals surface area contributed by atoms with Crippen molar-refractivity contribution in [3.05, 3.63) is 64.4 Å². The van der Waals surface area contributed by atoms with E-state index < -0.39 is 6.03 Å². The second-order valence-corrected chi connectivity index (χ2v) is 4.77. The van der Waals surface area contributed by atoms with Gasteiger partial charge in [-0.05, 0) is 35.9 Å². The maximum absolute atomic E-state index is 13.1. The van der Waals surface area contributed by atoms with E-state index in [9.17, 15) is 9.18 Å². The highest BCUT2D eigenvalue weighted by molar-refractivity contribution is 6.30. The molecule has 22 heavy (non-hydrogen) atoms. The lowest BCUT2D eigenvalue weighted by molar-refractivity contribution is 0.249. The van der Waals surface area contributed by atoms with Crippen LogP contribution in [-0.2, 0) is 6.61 Å². The summed E-state index contributed by atoms with van der Waals surface area (Å²) >= 11 is 5.92. The summed E-state index contributed by atoms with van der Waals surface area (Å²) in [4.78, 5) is 10.6. The van der Waals surface area contributed by atoms with E-state index >= 15 is 0 Å². The van der Waals surface area contributed by atoms with Gasteiger partial charge in [0.2, 0.25) is 0 Å². The third-order valence-electron chi connectivity index (χ3n) is 2.63. The van der Waals surface area contributed by atoms with Crippen LogP contribution in [0.1, 0.15) is 11.1 Å². The van der Waals surface area contributed by atoms with Crippen LogP contribution in [0.25, 0.3) is 0 Å². The number of primary amides is 1. The molecule has 0 aliphatic rings. The fourth-order valence-corrected chi connectivity index (χ4v) is 1.89. The number of hydrazone groups is 1. The molecule has 2 aromatic carbocycles. The largest absolute Gasteiger partial charge is 0.488 e. The lowest BCUT2D eigenvalue weighted by Gasteiger charge is -2.09. The molecular formula is C15H13ClFN3O2. The summed E-state index contributed by atoms with van der Waals surface area (Å²) in [5, 5.41) is 4.15. The fourth-order valence-electron chi connectivity index (χ4n) is 1.70. The molecule has 2 rings (SSSR count). The number of hydrogen-bond donors (Lipinski definition) is 2. The number of nitrogens with one attached hydrogen (secondary N) is 1. The minimum absolute atomic E-state index is 0.184. The van der Waals surface area contributed by atoms with Gasteiger partial charge in [0.1, 0.15) is 18.2 Å². The van der Waals surface area contributed by atoms with E-state index in [1.807, 2.05) is 0 Å². The molecule has 5 nitrogen and oxygen atoms in total. The van der Waals surface area contributed by atoms with Gasteiger partial charge in [-0.1, -0.05) is 23.7 Å². The second kappa shape index (κ2) is 7.42. The third-order valence-corrected chi connectivity index (χ3v) is 2.87. The Labute approximate surface area is 131 Å². The summed E-state index contributed by atoms with van der Waals surface area (Å²) in [6.45, 7) is 0.184. The van der Waals surface area contributed by atoms with Gasteiger partial charge in [-0.2, -0.15) is 5.10 Å². The number of nitrogens with two attached hydrogens (primary N) is 1. The maximum Gasteiger partial charge on any atom is 0.332 e. The number of benzene rings is 2. The summed E-state index contributed by atoms with van der Waals surface area (Å²) in [7, 11) is 0. The van der Waals surface area contributed by atoms with Crippen LogP contribution < -0.4 is 15.9 Å². The quantitative estimate of drug-likeness (QED) is 0.656. The zero-order chi connectivity index (χ0) is 15.9. The average molecular weight is 322 g/mol. The summed E-state index contributed by atoms with van der Waals surface area (Å²) < 4.78 is 18.8. The number of rotatable bonds is 5. The first-order chi connectivity index (χ1) is 10.5. The van der Waals surface area contributed by atoms with Gasteiger partial charge < -0.3 is 10.5 Å². The average Bonchev–Trinajstić information content (AvgIpc) is 2.46. The summed E-state index contributed by atoms with van der Waals surface area (Å²) in [6.07, 6.45) is 1.36. The molecule has 2 amide bonds. The Morgan fingerprint density at radius 1 is 1.36 bits per heavy atom. The van der Waals surface area contributed by atoms with Crippen LogP contribution in [0.2, 0.25) is 5.02 Å². The highest BCUT2D eigenvalue weighted by Gasteiger charge is 2.04. The van der Waals surface area contributed by atoms with Gasteiger partial charge in [0.05, 0.1) is 6.21 Å². The van der Waals surface area contributed by atoms with E-state index in [1.165, 1.54) is 18.3 Å². The number of nitrogens with zero attached hydrogens (tertiary/aromatic N) is 1. The number of amides is 2. The number of carbonyl (C=O) groups excluding carboxylic acids is 1. The number of carbonyl (C=O) groups is 1. The number of urea groups is 1. The number of halogens is 2. The van der Waals surface area contributed by atoms with E-state index in [-0.39, 0.29) is 12.4 Å². The van der Waals surface area contributed by atoms with Gasteiger partial charge in [0, 0.05) is 10.6 Å². The molecule has 0 aliphatic carbocycles. The van der Waals surface area contributed by atoms with E-state index in [1.54, 1.807) is 30.3 Å². The lowest BCUT2D eigenvalue weighted by atomic mass is 10.2. The molecule has 0 unspecified atom stereocenters. The first-order valence-electron chi connectivity index (χ1n) is 6.30. The van der Waals surface area contributed by atoms with Gasteiger partial charge in [-0.25, -0.2) is 14.6 Å². The Morgan fingerprint density at radius 2 is 2.18 bits per heavy atom. The van der Waals surface area contributed by atoms with Gasteiger partial charge in [0.15, 0.2) is 0 Å². The van der Waals surface area contributed by atoms with Crippen LogP contribution in [0.3, 0.4) is 0 Å². The van der Waals surface area contributed by atoms with Gasteiger partial charge in [-0.15, -0.1) is 0 Å². The minimum atomic E-state index is -0.777. The van der Waals surface area contributed by atoms with Crippen LogP contribution in [-0.4, -0.2) is 12.2 Å². The van der Waals surface area contributed by atoms with Gasteiger partial charge >= 0.3 is 6.03 Å². The van der Waals surface area contributed by atoms with E-state index in [0.29, 0.717) is 21.9 Å². The minimum Gasteiger partial charge on any atom is -0.488 e. The van der Waals surface area contributed by atoms with Gasteiger partial charge in [-0.3, -0.25) is 0 Å². The predicted molar refractivity (Wildman–Crippen MR) is 82.5 cm³/mol. The predicted octanol–water partition coefficient (Wildman–Crippen LogP) is 3.06. The molecule has 3 N–H and O–H groups in total. The Morgan fingerprint density at radius 3 is 2.91 bits per heavy atom. The Bertz CT molecular complexity index is 707. The molecule has 0 saturated heterocycles. The second-order valence-electron chi connectivity index (χ2n) is 4.33. The van der Waals surface area contributed by atoms with Crippen molar-refractivity contribution in [1.29, 1.82) is 0 Å². The van der Waals surface area contributed by atoms with Crippen molar-refractivity contribution in [2.24, 2.45) is 10.8 Å². The molecule has 0 fully saturated rings. The molecule has 0 saturated carbocycles. The van der Waals surface area contributed by atoms with E-state index in [2.05, 4.69) is 10.5 Å². The Kier molecular flexibility index (Phi) is 5.32. The molecule has 0 radical (unpaired) electrons. The topological polar surface area (TPSA) is 76.7 Å². The van der Waals surface area contributed by atoms with Gasteiger partial charge in [0.25, 0.3) is 0 Å². The number of hydrogen-bond acceptors (Lipinski definition) is 3. The molecule has 7 heteroatoms. The summed E-state index contributed by atoms with van der Waals surface area (Å²) in [5.74, 6) is 0.160. The molecule has 0 spiro atoms. The van der Waals surface area contributed by atoms with Crippen molar-refractivity contribution >= 4 is 23.8 Å². The van der Waals surface area contributed by atoms with Crippen molar-refractivity contribution in [2.75, 3.05) is 0 Å². The normalized spacial score (nSPS) is 10.6. The van der Waals surface area contributed by atoms with Crippen LogP contribution in [0.15, 0.2) is 47.6 Å². The fraction of sp³-hybridized carbons (Fsp3) is 0.0667. The molecule has 0 atom stereocenters. The first kappa shape index (κ1) is 15.8. The van der Waals surface area contributed by atoms with Crippen molar-refractivity contribution in [3.63, 3.8) is 0 Å². The van der Waals surface area contributed by atoms with E-state index in [0.717, 1.165) is 0 Å². The highest BCUT2D eigenvalue weighted by Crippen LogP contribution is 2.22. The molecule has 2 aromatic rings. The van der Waals surface area contributed by atoms with Crippen molar-refractivity contribution in [2.45, 2.75) is 6.61 Å². The van der Waals surface area contributed by atoms with Crippen molar-refractivity contribution in [1.82, 2.24) is 5.43 Å². The molecule has 0 heterocycles. The Hall–Kier alpha value is -2.60. The van der Waals surface area contributed by atoms with E-state index in [4.69, 9.17) is 22.1 Å². The molecule has 0 aliphatic heterocycles. The summed E-state index contributed by atoms with van der Waals surface area (Å²) in [5.41, 5.74) is 8.24. The standard InChI is InChI=1S/C15H13ClFN3O2/c16-12-4-5-14(11(7-12)8-19-20-15(18)21)22-9-10-2-1-3-13(17)6-10/h1-8H,9H2,(H3,18,20,21). The number of ether oxygens (including phenoxy) is 1. The summed E-state index contributed by atoms with van der Waals surface area (Å²) in [6, 6.07) is 10.3. The van der Waals surface area contributed by atoms with Crippen LogP contribution in [0.5, 0.6) is 5.75 Å². The van der Waals surface area contributed by atoms with Crippen LogP contribution in [0, 0.1) is 5.82 Å². The molecule has 0 aromatic heterocycles.